The van der Waals surface area contributed by atoms with E-state index in [1.54, 1.807) is 0 Å². The Kier molecular flexibility index (Phi) is 3.68. The van der Waals surface area contributed by atoms with Crippen molar-refractivity contribution in [1.29, 1.82) is 0 Å². The Labute approximate surface area is 94.4 Å². The summed E-state index contributed by atoms with van der Waals surface area (Å²) in [6.07, 6.45) is 8.36. The van der Waals surface area contributed by atoms with Gasteiger partial charge in [0, 0.05) is 24.7 Å². The minimum absolute atomic E-state index is 0.500. The van der Waals surface area contributed by atoms with Crippen molar-refractivity contribution in [2.45, 2.75) is 64.0 Å². The van der Waals surface area contributed by atoms with Crippen LogP contribution < -0.4 is 5.32 Å². The lowest BCUT2D eigenvalue weighted by Crippen LogP contribution is -2.62. The van der Waals surface area contributed by atoms with Gasteiger partial charge in [0.2, 0.25) is 0 Å². The van der Waals surface area contributed by atoms with E-state index in [4.69, 9.17) is 0 Å². The van der Waals surface area contributed by atoms with E-state index in [2.05, 4.69) is 24.1 Å². The summed E-state index contributed by atoms with van der Waals surface area (Å²) in [5.41, 5.74) is 0.500. The maximum Gasteiger partial charge on any atom is 0.0309 e. The molecular formula is C13H26N2. The highest BCUT2D eigenvalue weighted by molar-refractivity contribution is 5.00. The lowest BCUT2D eigenvalue weighted by atomic mass is 9.92. The minimum atomic E-state index is 0.500. The molecule has 2 fully saturated rings. The molecule has 1 atom stereocenters. The van der Waals surface area contributed by atoms with Crippen LogP contribution in [0.5, 0.6) is 0 Å². The fourth-order valence-corrected chi connectivity index (χ4v) is 3.14. The zero-order chi connectivity index (χ0) is 10.7. The van der Waals surface area contributed by atoms with E-state index >= 15 is 0 Å². The van der Waals surface area contributed by atoms with Gasteiger partial charge in [-0.3, -0.25) is 4.90 Å². The molecular weight excluding hydrogens is 184 g/mol. The van der Waals surface area contributed by atoms with Crippen molar-refractivity contribution in [1.82, 2.24) is 10.2 Å². The van der Waals surface area contributed by atoms with E-state index in [-0.39, 0.29) is 0 Å². The quantitative estimate of drug-likeness (QED) is 0.769. The summed E-state index contributed by atoms with van der Waals surface area (Å²) in [7, 11) is 0. The zero-order valence-corrected chi connectivity index (χ0v) is 10.4. The van der Waals surface area contributed by atoms with Gasteiger partial charge < -0.3 is 5.32 Å². The van der Waals surface area contributed by atoms with Crippen molar-refractivity contribution in [3.8, 4) is 0 Å². The van der Waals surface area contributed by atoms with Crippen LogP contribution in [0.2, 0.25) is 0 Å². The summed E-state index contributed by atoms with van der Waals surface area (Å²) >= 11 is 0. The van der Waals surface area contributed by atoms with Crippen LogP contribution in [0.1, 0.15) is 52.4 Å². The Morgan fingerprint density at radius 3 is 2.73 bits per heavy atom. The van der Waals surface area contributed by atoms with Crippen molar-refractivity contribution in [3.63, 3.8) is 0 Å². The number of rotatable bonds is 3. The Morgan fingerprint density at radius 2 is 2.07 bits per heavy atom. The second kappa shape index (κ2) is 4.84. The highest BCUT2D eigenvalue weighted by Gasteiger charge is 2.39. The van der Waals surface area contributed by atoms with Crippen LogP contribution in [0, 0.1) is 0 Å². The van der Waals surface area contributed by atoms with Crippen molar-refractivity contribution in [2.75, 3.05) is 19.6 Å². The molecule has 2 nitrogen and oxygen atoms in total. The molecule has 15 heavy (non-hydrogen) atoms. The molecule has 0 amide bonds. The van der Waals surface area contributed by atoms with Gasteiger partial charge in [-0.25, -0.2) is 0 Å². The van der Waals surface area contributed by atoms with Gasteiger partial charge in [-0.2, -0.15) is 0 Å². The van der Waals surface area contributed by atoms with E-state index < -0.39 is 0 Å². The molecule has 2 rings (SSSR count). The highest BCUT2D eigenvalue weighted by Crippen LogP contribution is 2.33. The Hall–Kier alpha value is -0.0800. The molecule has 1 heterocycles. The van der Waals surface area contributed by atoms with Crippen molar-refractivity contribution < 1.29 is 0 Å². The standard InChI is InChI=1S/C13H26N2/c1-3-4-9-15-11-13(7-5-6-8-13)14-10-12(15)2/h12,14H,3-11H2,1-2H3. The average Bonchev–Trinajstić information content (AvgIpc) is 2.69. The topological polar surface area (TPSA) is 15.3 Å². The summed E-state index contributed by atoms with van der Waals surface area (Å²) in [6, 6.07) is 0.739. The molecule has 0 aromatic heterocycles. The molecule has 1 unspecified atom stereocenters. The van der Waals surface area contributed by atoms with Gasteiger partial charge in [0.25, 0.3) is 0 Å². The molecule has 0 bridgehead atoms. The van der Waals surface area contributed by atoms with Crippen molar-refractivity contribution in [3.05, 3.63) is 0 Å². The molecule has 2 heteroatoms. The molecule has 1 spiro atoms. The van der Waals surface area contributed by atoms with Crippen LogP contribution in [0.3, 0.4) is 0 Å². The molecule has 1 saturated carbocycles. The first-order valence-electron chi connectivity index (χ1n) is 6.75. The number of hydrogen-bond acceptors (Lipinski definition) is 2. The lowest BCUT2D eigenvalue weighted by Gasteiger charge is -2.45. The van der Waals surface area contributed by atoms with E-state index in [9.17, 15) is 0 Å². The predicted octanol–water partition coefficient (Wildman–Crippen LogP) is 2.39. The van der Waals surface area contributed by atoms with Crippen LogP contribution in [-0.2, 0) is 0 Å². The number of unbranched alkanes of at least 4 members (excludes halogenated alkanes) is 1. The number of nitrogens with one attached hydrogen (secondary N) is 1. The first-order valence-corrected chi connectivity index (χ1v) is 6.75. The number of nitrogens with zero attached hydrogens (tertiary/aromatic N) is 1. The molecule has 1 aliphatic heterocycles. The fraction of sp³-hybridized carbons (Fsp3) is 1.00. The summed E-state index contributed by atoms with van der Waals surface area (Å²) in [6.45, 7) is 8.46. The second-order valence-corrected chi connectivity index (χ2v) is 5.54. The minimum Gasteiger partial charge on any atom is -0.308 e. The Balaban J connectivity index is 1.91. The van der Waals surface area contributed by atoms with Gasteiger partial charge in [0.15, 0.2) is 0 Å². The fourth-order valence-electron chi connectivity index (χ4n) is 3.14. The second-order valence-electron chi connectivity index (χ2n) is 5.54. The molecule has 0 aromatic rings. The molecule has 1 aliphatic carbocycles. The monoisotopic (exact) mass is 210 g/mol. The van der Waals surface area contributed by atoms with E-state index in [1.165, 1.54) is 58.2 Å². The van der Waals surface area contributed by atoms with Gasteiger partial charge in [-0.1, -0.05) is 26.2 Å². The normalized spacial score (nSPS) is 31.2. The SMILES string of the molecule is CCCCN1CC2(CCCC2)NCC1C. The molecule has 2 aliphatic rings. The lowest BCUT2D eigenvalue weighted by molar-refractivity contribution is 0.0879. The predicted molar refractivity (Wildman–Crippen MR) is 65.1 cm³/mol. The van der Waals surface area contributed by atoms with E-state index in [0.29, 0.717) is 5.54 Å². The van der Waals surface area contributed by atoms with Gasteiger partial charge in [-0.05, 0) is 32.7 Å². The first kappa shape index (κ1) is 11.4. The average molecular weight is 210 g/mol. The van der Waals surface area contributed by atoms with Gasteiger partial charge in [0.1, 0.15) is 0 Å². The maximum absolute atomic E-state index is 3.81. The zero-order valence-electron chi connectivity index (χ0n) is 10.4. The summed E-state index contributed by atoms with van der Waals surface area (Å²) in [4.78, 5) is 2.71. The summed E-state index contributed by atoms with van der Waals surface area (Å²) in [5.74, 6) is 0. The van der Waals surface area contributed by atoms with Crippen molar-refractivity contribution >= 4 is 0 Å². The van der Waals surface area contributed by atoms with Crippen LogP contribution in [-0.4, -0.2) is 36.1 Å². The summed E-state index contributed by atoms with van der Waals surface area (Å²) < 4.78 is 0. The Morgan fingerprint density at radius 1 is 1.33 bits per heavy atom. The molecule has 0 radical (unpaired) electrons. The van der Waals surface area contributed by atoms with Crippen molar-refractivity contribution in [2.24, 2.45) is 0 Å². The Bertz CT molecular complexity index is 197. The molecule has 88 valence electrons. The first-order chi connectivity index (χ1) is 7.26. The number of hydrogen-bond donors (Lipinski definition) is 1. The van der Waals surface area contributed by atoms with E-state index in [0.717, 1.165) is 6.04 Å². The van der Waals surface area contributed by atoms with Crippen LogP contribution >= 0.6 is 0 Å². The largest absolute Gasteiger partial charge is 0.308 e. The van der Waals surface area contributed by atoms with Crippen LogP contribution in [0.4, 0.5) is 0 Å². The third-order valence-corrected chi connectivity index (χ3v) is 4.26. The van der Waals surface area contributed by atoms with Gasteiger partial charge in [-0.15, -0.1) is 0 Å². The third-order valence-electron chi connectivity index (χ3n) is 4.26. The maximum atomic E-state index is 3.81. The van der Waals surface area contributed by atoms with Gasteiger partial charge in [0.05, 0.1) is 0 Å². The smallest absolute Gasteiger partial charge is 0.0309 e. The molecule has 1 saturated heterocycles. The van der Waals surface area contributed by atoms with Crippen LogP contribution in [0.15, 0.2) is 0 Å². The summed E-state index contributed by atoms with van der Waals surface area (Å²) in [5, 5.41) is 3.81. The van der Waals surface area contributed by atoms with Crippen LogP contribution in [0.25, 0.3) is 0 Å². The van der Waals surface area contributed by atoms with E-state index in [1.807, 2.05) is 0 Å². The van der Waals surface area contributed by atoms with Gasteiger partial charge >= 0.3 is 0 Å². The molecule has 1 N–H and O–H groups in total. The number of piperazine rings is 1. The third kappa shape index (κ3) is 2.54. The molecule has 0 aromatic carbocycles. The highest BCUT2D eigenvalue weighted by atomic mass is 15.2.